The molecule has 0 saturated carbocycles. The molecule has 2 aromatic carbocycles. The fourth-order valence-corrected chi connectivity index (χ4v) is 2.34. The monoisotopic (exact) mass is 275 g/mol. The van der Waals surface area contributed by atoms with Crippen LogP contribution < -0.4 is 5.32 Å². The van der Waals surface area contributed by atoms with E-state index < -0.39 is 11.6 Å². The third-order valence-electron chi connectivity index (χ3n) is 3.37. The lowest BCUT2D eigenvalue weighted by molar-refractivity contribution is 0.541. The van der Waals surface area contributed by atoms with Crippen LogP contribution in [0.25, 0.3) is 0 Å². The molecule has 0 aliphatic heterocycles. The molecule has 20 heavy (non-hydrogen) atoms. The first kappa shape index (κ1) is 14.7. The summed E-state index contributed by atoms with van der Waals surface area (Å²) in [7, 11) is 0. The van der Waals surface area contributed by atoms with Gasteiger partial charge in [0.15, 0.2) is 0 Å². The van der Waals surface area contributed by atoms with E-state index in [-0.39, 0.29) is 6.04 Å². The fourth-order valence-electron chi connectivity index (χ4n) is 2.34. The molecule has 1 unspecified atom stereocenters. The summed E-state index contributed by atoms with van der Waals surface area (Å²) >= 11 is 0. The zero-order valence-corrected chi connectivity index (χ0v) is 11.8. The van der Waals surface area contributed by atoms with Gasteiger partial charge in [-0.05, 0) is 30.2 Å². The molecular formula is C17H19F2N. The van der Waals surface area contributed by atoms with Crippen molar-refractivity contribution < 1.29 is 8.78 Å². The molecule has 0 radical (unpaired) electrons. The van der Waals surface area contributed by atoms with E-state index in [9.17, 15) is 8.78 Å². The van der Waals surface area contributed by atoms with Gasteiger partial charge in [0.2, 0.25) is 0 Å². The Labute approximate surface area is 118 Å². The summed E-state index contributed by atoms with van der Waals surface area (Å²) in [5.41, 5.74) is 2.67. The van der Waals surface area contributed by atoms with Gasteiger partial charge in [-0.15, -0.1) is 0 Å². The van der Waals surface area contributed by atoms with E-state index >= 15 is 0 Å². The summed E-state index contributed by atoms with van der Waals surface area (Å²) in [6, 6.07) is 11.5. The van der Waals surface area contributed by atoms with Gasteiger partial charge in [-0.3, -0.25) is 0 Å². The van der Waals surface area contributed by atoms with Gasteiger partial charge in [0.1, 0.15) is 11.6 Å². The largest absolute Gasteiger partial charge is 0.306 e. The molecule has 0 bridgehead atoms. The predicted octanol–water partition coefficient (Wildman–Crippen LogP) is 4.23. The van der Waals surface area contributed by atoms with Crippen LogP contribution in [-0.2, 0) is 6.42 Å². The zero-order valence-electron chi connectivity index (χ0n) is 11.8. The molecule has 0 spiro atoms. The first-order valence-corrected chi connectivity index (χ1v) is 6.92. The lowest BCUT2D eigenvalue weighted by atomic mass is 9.96. The van der Waals surface area contributed by atoms with Crippen LogP contribution >= 0.6 is 0 Å². The molecular weight excluding hydrogens is 256 g/mol. The molecule has 0 aliphatic carbocycles. The standard InChI is InChI=1S/C17H19F2N/c1-3-12-6-5-7-13(10-12)17(20-4-2)15-9-8-14(18)11-16(15)19/h5-11,17,20H,3-4H2,1-2H3. The highest BCUT2D eigenvalue weighted by Crippen LogP contribution is 2.25. The molecule has 3 heteroatoms. The normalized spacial score (nSPS) is 12.4. The van der Waals surface area contributed by atoms with Gasteiger partial charge in [-0.1, -0.05) is 44.2 Å². The lowest BCUT2D eigenvalue weighted by Gasteiger charge is -2.20. The molecule has 0 heterocycles. The number of benzene rings is 2. The second kappa shape index (κ2) is 6.62. The first-order chi connectivity index (χ1) is 9.65. The van der Waals surface area contributed by atoms with E-state index in [1.807, 2.05) is 25.1 Å². The van der Waals surface area contributed by atoms with Crippen molar-refractivity contribution in [2.75, 3.05) is 6.54 Å². The molecule has 1 nitrogen and oxygen atoms in total. The summed E-state index contributed by atoms with van der Waals surface area (Å²) in [5.74, 6) is -1.07. The molecule has 0 fully saturated rings. The number of hydrogen-bond acceptors (Lipinski definition) is 1. The van der Waals surface area contributed by atoms with E-state index in [0.717, 1.165) is 18.1 Å². The predicted molar refractivity (Wildman–Crippen MR) is 77.7 cm³/mol. The lowest BCUT2D eigenvalue weighted by Crippen LogP contribution is -2.23. The second-order valence-electron chi connectivity index (χ2n) is 4.76. The SMILES string of the molecule is CCNC(c1cccc(CC)c1)c1ccc(F)cc1F. The maximum Gasteiger partial charge on any atom is 0.131 e. The summed E-state index contributed by atoms with van der Waals surface area (Å²) in [5, 5.41) is 3.26. The summed E-state index contributed by atoms with van der Waals surface area (Å²) in [6.07, 6.45) is 0.929. The Kier molecular flexibility index (Phi) is 4.85. The molecule has 2 aromatic rings. The van der Waals surface area contributed by atoms with Crippen LogP contribution in [0.15, 0.2) is 42.5 Å². The number of hydrogen-bond donors (Lipinski definition) is 1. The number of halogens is 2. The van der Waals surface area contributed by atoms with E-state index in [1.54, 1.807) is 0 Å². The average molecular weight is 275 g/mol. The van der Waals surface area contributed by atoms with Crippen molar-refractivity contribution >= 4 is 0 Å². The summed E-state index contributed by atoms with van der Waals surface area (Å²) in [4.78, 5) is 0. The minimum atomic E-state index is -0.552. The third kappa shape index (κ3) is 3.23. The number of nitrogens with one attached hydrogen (secondary N) is 1. The molecule has 0 saturated heterocycles. The van der Waals surface area contributed by atoms with Crippen molar-refractivity contribution in [3.05, 3.63) is 70.8 Å². The van der Waals surface area contributed by atoms with Gasteiger partial charge >= 0.3 is 0 Å². The van der Waals surface area contributed by atoms with Crippen molar-refractivity contribution in [3.8, 4) is 0 Å². The Morgan fingerprint density at radius 1 is 1.05 bits per heavy atom. The van der Waals surface area contributed by atoms with Crippen LogP contribution in [0, 0.1) is 11.6 Å². The molecule has 1 atom stereocenters. The van der Waals surface area contributed by atoms with Gasteiger partial charge in [-0.25, -0.2) is 8.78 Å². The van der Waals surface area contributed by atoms with Crippen molar-refractivity contribution in [2.24, 2.45) is 0 Å². The highest BCUT2D eigenvalue weighted by Gasteiger charge is 2.17. The number of aryl methyl sites for hydroxylation is 1. The van der Waals surface area contributed by atoms with Gasteiger partial charge in [0, 0.05) is 11.6 Å². The Morgan fingerprint density at radius 2 is 1.85 bits per heavy atom. The summed E-state index contributed by atoms with van der Waals surface area (Å²) < 4.78 is 27.1. The maximum atomic E-state index is 14.0. The van der Waals surface area contributed by atoms with Crippen molar-refractivity contribution in [3.63, 3.8) is 0 Å². The quantitative estimate of drug-likeness (QED) is 0.861. The van der Waals surface area contributed by atoms with Crippen LogP contribution in [0.5, 0.6) is 0 Å². The van der Waals surface area contributed by atoms with Crippen LogP contribution in [0.4, 0.5) is 8.78 Å². The van der Waals surface area contributed by atoms with E-state index in [0.29, 0.717) is 12.1 Å². The van der Waals surface area contributed by atoms with Crippen LogP contribution in [0.1, 0.15) is 36.6 Å². The minimum Gasteiger partial charge on any atom is -0.306 e. The van der Waals surface area contributed by atoms with Crippen LogP contribution in [0.2, 0.25) is 0 Å². The number of rotatable bonds is 5. The molecule has 0 aliphatic rings. The van der Waals surface area contributed by atoms with E-state index in [2.05, 4.69) is 18.3 Å². The summed E-state index contributed by atoms with van der Waals surface area (Å²) in [6.45, 7) is 4.76. The Bertz CT molecular complexity index is 581. The zero-order chi connectivity index (χ0) is 14.5. The van der Waals surface area contributed by atoms with Gasteiger partial charge in [0.05, 0.1) is 6.04 Å². The molecule has 1 N–H and O–H groups in total. The molecule has 2 rings (SSSR count). The van der Waals surface area contributed by atoms with Crippen molar-refractivity contribution in [1.29, 1.82) is 0 Å². The second-order valence-corrected chi connectivity index (χ2v) is 4.76. The Morgan fingerprint density at radius 3 is 2.50 bits per heavy atom. The molecule has 0 amide bonds. The minimum absolute atomic E-state index is 0.257. The van der Waals surface area contributed by atoms with Gasteiger partial charge in [0.25, 0.3) is 0 Å². The fraction of sp³-hybridized carbons (Fsp3) is 0.294. The molecule has 0 aromatic heterocycles. The van der Waals surface area contributed by atoms with Crippen LogP contribution in [0.3, 0.4) is 0 Å². The average Bonchev–Trinajstić information content (AvgIpc) is 2.45. The van der Waals surface area contributed by atoms with Crippen molar-refractivity contribution in [1.82, 2.24) is 5.32 Å². The Hall–Kier alpha value is -1.74. The van der Waals surface area contributed by atoms with E-state index in [4.69, 9.17) is 0 Å². The Balaban J connectivity index is 2.44. The van der Waals surface area contributed by atoms with Gasteiger partial charge in [-0.2, -0.15) is 0 Å². The van der Waals surface area contributed by atoms with Crippen molar-refractivity contribution in [2.45, 2.75) is 26.3 Å². The maximum absolute atomic E-state index is 14.0. The first-order valence-electron chi connectivity index (χ1n) is 6.92. The third-order valence-corrected chi connectivity index (χ3v) is 3.37. The highest BCUT2D eigenvalue weighted by atomic mass is 19.1. The van der Waals surface area contributed by atoms with Gasteiger partial charge < -0.3 is 5.32 Å². The van der Waals surface area contributed by atoms with E-state index in [1.165, 1.54) is 17.7 Å². The van der Waals surface area contributed by atoms with Crippen LogP contribution in [-0.4, -0.2) is 6.54 Å². The topological polar surface area (TPSA) is 12.0 Å². The smallest absolute Gasteiger partial charge is 0.131 e. The molecule has 106 valence electrons. The highest BCUT2D eigenvalue weighted by molar-refractivity contribution is 5.35.